The molecule has 4 nitrogen and oxygen atoms in total. The third-order valence-electron chi connectivity index (χ3n) is 2.24. The maximum atomic E-state index is 11.3. The van der Waals surface area contributed by atoms with Gasteiger partial charge in [-0.2, -0.15) is 5.10 Å². The number of hydrogen-bond acceptors (Lipinski definition) is 3. The summed E-state index contributed by atoms with van der Waals surface area (Å²) < 4.78 is 6.73. The molecule has 1 unspecified atom stereocenters. The fraction of sp³-hybridized carbons (Fsp3) is 0.556. The van der Waals surface area contributed by atoms with E-state index >= 15 is 0 Å². The molecule has 1 aromatic rings. The van der Waals surface area contributed by atoms with E-state index in [0.29, 0.717) is 12.5 Å². The van der Waals surface area contributed by atoms with Gasteiger partial charge in [0.2, 0.25) is 0 Å². The zero-order valence-corrected chi connectivity index (χ0v) is 7.35. The Labute approximate surface area is 76.1 Å². The molecule has 70 valence electrons. The van der Waals surface area contributed by atoms with Gasteiger partial charge in [0.05, 0.1) is 6.61 Å². The van der Waals surface area contributed by atoms with Gasteiger partial charge in [-0.05, 0) is 12.5 Å². The van der Waals surface area contributed by atoms with Crippen molar-refractivity contribution in [2.24, 2.45) is 5.92 Å². The molecular formula is C9H12N2O2. The van der Waals surface area contributed by atoms with Crippen LogP contribution >= 0.6 is 0 Å². The number of rotatable bonds is 2. The van der Waals surface area contributed by atoms with Crippen molar-refractivity contribution in [1.82, 2.24) is 9.78 Å². The Hall–Kier alpha value is -1.16. The highest BCUT2D eigenvalue weighted by molar-refractivity contribution is 4.85. The van der Waals surface area contributed by atoms with Gasteiger partial charge < -0.3 is 4.74 Å². The summed E-state index contributed by atoms with van der Waals surface area (Å²) in [6.45, 7) is 2.24. The summed E-state index contributed by atoms with van der Waals surface area (Å²) in [6, 6.07) is 3.19. The smallest absolute Gasteiger partial charge is 0.266 e. The van der Waals surface area contributed by atoms with Crippen LogP contribution in [0.15, 0.2) is 23.1 Å². The summed E-state index contributed by atoms with van der Waals surface area (Å²) in [5.74, 6) is 0.451. The molecule has 13 heavy (non-hydrogen) atoms. The highest BCUT2D eigenvalue weighted by Gasteiger charge is 2.16. The molecule has 1 saturated heterocycles. The van der Waals surface area contributed by atoms with Crippen LogP contribution in [-0.2, 0) is 11.3 Å². The first kappa shape index (κ1) is 8.44. The first-order valence-corrected chi connectivity index (χ1v) is 4.46. The molecule has 1 fully saturated rings. The van der Waals surface area contributed by atoms with E-state index in [0.717, 1.165) is 19.6 Å². The molecule has 1 aliphatic heterocycles. The quantitative estimate of drug-likeness (QED) is 0.656. The zero-order valence-electron chi connectivity index (χ0n) is 7.35. The van der Waals surface area contributed by atoms with Crippen LogP contribution in [0.4, 0.5) is 0 Å². The molecule has 0 aliphatic carbocycles. The maximum Gasteiger partial charge on any atom is 0.266 e. The van der Waals surface area contributed by atoms with Crippen molar-refractivity contribution in [3.05, 3.63) is 28.7 Å². The van der Waals surface area contributed by atoms with E-state index < -0.39 is 0 Å². The van der Waals surface area contributed by atoms with Gasteiger partial charge in [0.25, 0.3) is 5.56 Å². The number of aromatic nitrogens is 2. The zero-order chi connectivity index (χ0) is 9.10. The Morgan fingerprint density at radius 3 is 3.31 bits per heavy atom. The van der Waals surface area contributed by atoms with E-state index in [4.69, 9.17) is 4.74 Å². The lowest BCUT2D eigenvalue weighted by molar-refractivity contribution is 0.181. The number of hydrogen-bond donors (Lipinski definition) is 0. The topological polar surface area (TPSA) is 44.1 Å². The summed E-state index contributed by atoms with van der Waals surface area (Å²) >= 11 is 0. The second-order valence-electron chi connectivity index (χ2n) is 3.27. The third-order valence-corrected chi connectivity index (χ3v) is 2.24. The predicted molar refractivity (Wildman–Crippen MR) is 47.4 cm³/mol. The molecule has 2 rings (SSSR count). The molecule has 1 atom stereocenters. The fourth-order valence-electron chi connectivity index (χ4n) is 1.50. The normalized spacial score (nSPS) is 22.0. The van der Waals surface area contributed by atoms with Gasteiger partial charge in [-0.3, -0.25) is 4.79 Å². The number of nitrogens with zero attached hydrogens (tertiary/aromatic N) is 2. The van der Waals surface area contributed by atoms with Crippen LogP contribution in [0.3, 0.4) is 0 Å². The summed E-state index contributed by atoms with van der Waals surface area (Å²) in [5, 5.41) is 3.99. The Kier molecular flexibility index (Phi) is 2.40. The minimum absolute atomic E-state index is 0.0330. The van der Waals surface area contributed by atoms with Gasteiger partial charge in [-0.1, -0.05) is 0 Å². The summed E-state index contributed by atoms with van der Waals surface area (Å²) in [5.41, 5.74) is -0.0330. The average molecular weight is 180 g/mol. The highest BCUT2D eigenvalue weighted by atomic mass is 16.5. The van der Waals surface area contributed by atoms with Crippen LogP contribution in [0, 0.1) is 5.92 Å². The molecule has 4 heteroatoms. The molecule has 1 aliphatic rings. The van der Waals surface area contributed by atoms with Crippen LogP contribution in [0.25, 0.3) is 0 Å². The minimum atomic E-state index is -0.0330. The average Bonchev–Trinajstić information content (AvgIpc) is 2.61. The second kappa shape index (κ2) is 3.70. The highest BCUT2D eigenvalue weighted by Crippen LogP contribution is 2.12. The SMILES string of the molecule is O=c1cccnn1CC1CCOC1. The summed E-state index contributed by atoms with van der Waals surface area (Å²) in [6.07, 6.45) is 2.67. The Morgan fingerprint density at radius 2 is 2.62 bits per heavy atom. The maximum absolute atomic E-state index is 11.3. The van der Waals surface area contributed by atoms with Gasteiger partial charge in [-0.15, -0.1) is 0 Å². The van der Waals surface area contributed by atoms with Gasteiger partial charge in [0.15, 0.2) is 0 Å². The van der Waals surface area contributed by atoms with Crippen LogP contribution in [0.1, 0.15) is 6.42 Å². The lowest BCUT2D eigenvalue weighted by Gasteiger charge is -2.07. The third kappa shape index (κ3) is 1.95. The van der Waals surface area contributed by atoms with Crippen molar-refractivity contribution >= 4 is 0 Å². The van der Waals surface area contributed by atoms with Crippen molar-refractivity contribution in [3.63, 3.8) is 0 Å². The first-order chi connectivity index (χ1) is 6.36. The van der Waals surface area contributed by atoms with E-state index in [9.17, 15) is 4.79 Å². The summed E-state index contributed by atoms with van der Waals surface area (Å²) in [7, 11) is 0. The van der Waals surface area contributed by atoms with Crippen LogP contribution < -0.4 is 5.56 Å². The molecule has 0 bridgehead atoms. The molecular weight excluding hydrogens is 168 g/mol. The second-order valence-corrected chi connectivity index (χ2v) is 3.27. The predicted octanol–water partition coefficient (Wildman–Crippen LogP) is 0.280. The van der Waals surface area contributed by atoms with Gasteiger partial charge in [-0.25, -0.2) is 4.68 Å². The fourth-order valence-corrected chi connectivity index (χ4v) is 1.50. The lowest BCUT2D eigenvalue weighted by atomic mass is 10.1. The monoisotopic (exact) mass is 180 g/mol. The van der Waals surface area contributed by atoms with E-state index in [-0.39, 0.29) is 5.56 Å². The molecule has 0 spiro atoms. The van der Waals surface area contributed by atoms with Crippen molar-refractivity contribution in [2.75, 3.05) is 13.2 Å². The molecule has 1 aromatic heterocycles. The van der Waals surface area contributed by atoms with E-state index in [1.165, 1.54) is 10.7 Å². The molecule has 0 aromatic carbocycles. The van der Waals surface area contributed by atoms with E-state index in [1.54, 1.807) is 12.3 Å². The van der Waals surface area contributed by atoms with Crippen molar-refractivity contribution in [2.45, 2.75) is 13.0 Å². The van der Waals surface area contributed by atoms with Crippen LogP contribution in [0.2, 0.25) is 0 Å². The van der Waals surface area contributed by atoms with Crippen molar-refractivity contribution in [3.8, 4) is 0 Å². The van der Waals surface area contributed by atoms with E-state index in [1.807, 2.05) is 0 Å². The van der Waals surface area contributed by atoms with Crippen LogP contribution in [-0.4, -0.2) is 23.0 Å². The van der Waals surface area contributed by atoms with Gasteiger partial charge in [0.1, 0.15) is 0 Å². The minimum Gasteiger partial charge on any atom is -0.381 e. The first-order valence-electron chi connectivity index (χ1n) is 4.46. The van der Waals surface area contributed by atoms with Gasteiger partial charge >= 0.3 is 0 Å². The molecule has 2 heterocycles. The van der Waals surface area contributed by atoms with E-state index in [2.05, 4.69) is 5.10 Å². The molecule has 0 N–H and O–H groups in total. The Bertz CT molecular complexity index is 328. The number of ether oxygens (including phenoxy) is 1. The standard InChI is InChI=1S/C9H12N2O2/c12-9-2-1-4-10-11(9)6-8-3-5-13-7-8/h1-2,4,8H,3,5-7H2. The molecule has 0 saturated carbocycles. The Balaban J connectivity index is 2.08. The van der Waals surface area contributed by atoms with Crippen molar-refractivity contribution < 1.29 is 4.74 Å². The summed E-state index contributed by atoms with van der Waals surface area (Å²) in [4.78, 5) is 11.3. The van der Waals surface area contributed by atoms with Gasteiger partial charge in [0, 0.05) is 31.3 Å². The lowest BCUT2D eigenvalue weighted by Crippen LogP contribution is -2.25. The largest absolute Gasteiger partial charge is 0.381 e. The molecule has 0 radical (unpaired) electrons. The van der Waals surface area contributed by atoms with Crippen molar-refractivity contribution in [1.29, 1.82) is 0 Å². The van der Waals surface area contributed by atoms with Crippen LogP contribution in [0.5, 0.6) is 0 Å². The Morgan fingerprint density at radius 1 is 1.69 bits per heavy atom. The molecule has 0 amide bonds.